The molecule has 1 unspecified atom stereocenters. The first-order chi connectivity index (χ1) is 6.63. The minimum atomic E-state index is 0.130. The molecule has 0 fully saturated rings. The zero-order valence-electron chi connectivity index (χ0n) is 7.93. The van der Waals surface area contributed by atoms with Crippen LogP contribution in [0.5, 0.6) is 0 Å². The van der Waals surface area contributed by atoms with Crippen LogP contribution in [0.3, 0.4) is 0 Å². The number of hydrogen-bond acceptors (Lipinski definition) is 2. The topological polar surface area (TPSA) is 32.3 Å². The summed E-state index contributed by atoms with van der Waals surface area (Å²) in [5, 5.41) is 12.1. The van der Waals surface area contributed by atoms with Gasteiger partial charge in [-0.05, 0) is 24.6 Å². The Hall–Kier alpha value is 0.1000. The second kappa shape index (κ2) is 5.85. The first kappa shape index (κ1) is 12.2. The maximum absolute atomic E-state index is 8.84. The third kappa shape index (κ3) is 3.69. The molecular weight excluding hydrogens is 310 g/mol. The first-order valence-corrected chi connectivity index (χ1v) is 6.00. The fourth-order valence-corrected chi connectivity index (χ4v) is 2.20. The van der Waals surface area contributed by atoms with Crippen LogP contribution in [0.15, 0.2) is 27.1 Å². The molecule has 1 rings (SSSR count). The molecule has 2 nitrogen and oxygen atoms in total. The Morgan fingerprint density at radius 3 is 2.71 bits per heavy atom. The van der Waals surface area contributed by atoms with E-state index in [0.29, 0.717) is 0 Å². The van der Waals surface area contributed by atoms with Crippen LogP contribution >= 0.6 is 31.9 Å². The van der Waals surface area contributed by atoms with Crippen LogP contribution in [0, 0.1) is 0 Å². The summed E-state index contributed by atoms with van der Waals surface area (Å²) in [5.74, 6) is 0. The molecule has 0 aliphatic rings. The van der Waals surface area contributed by atoms with Crippen molar-refractivity contribution in [2.75, 3.05) is 6.61 Å². The minimum Gasteiger partial charge on any atom is -0.395 e. The smallest absolute Gasteiger partial charge is 0.0582 e. The van der Waals surface area contributed by atoms with E-state index in [1.54, 1.807) is 0 Å². The number of nitrogens with one attached hydrogen (secondary N) is 1. The number of aliphatic hydroxyl groups excluding tert-OH is 1. The maximum Gasteiger partial charge on any atom is 0.0582 e. The number of hydrogen-bond donors (Lipinski definition) is 2. The molecule has 1 atom stereocenters. The fraction of sp³-hybridized carbons (Fsp3) is 0.400. The third-order valence-corrected chi connectivity index (χ3v) is 3.16. The molecule has 0 aromatic heterocycles. The zero-order chi connectivity index (χ0) is 10.6. The number of halogens is 2. The highest BCUT2D eigenvalue weighted by atomic mass is 79.9. The summed E-state index contributed by atoms with van der Waals surface area (Å²) < 4.78 is 2.13. The van der Waals surface area contributed by atoms with Crippen molar-refractivity contribution in [1.82, 2.24) is 5.32 Å². The second-order valence-corrected chi connectivity index (χ2v) is 4.97. The van der Waals surface area contributed by atoms with Crippen LogP contribution in [0.1, 0.15) is 12.5 Å². The Labute approximate surface area is 101 Å². The monoisotopic (exact) mass is 321 g/mol. The average molecular weight is 323 g/mol. The van der Waals surface area contributed by atoms with Crippen LogP contribution in [0.4, 0.5) is 0 Å². The van der Waals surface area contributed by atoms with E-state index in [9.17, 15) is 0 Å². The molecule has 78 valence electrons. The molecule has 4 heteroatoms. The average Bonchev–Trinajstić information content (AvgIpc) is 2.16. The zero-order valence-corrected chi connectivity index (χ0v) is 11.1. The molecule has 14 heavy (non-hydrogen) atoms. The lowest BCUT2D eigenvalue weighted by molar-refractivity contribution is 0.251. The highest BCUT2D eigenvalue weighted by Crippen LogP contribution is 2.21. The summed E-state index contributed by atoms with van der Waals surface area (Å²) in [6, 6.07) is 6.20. The van der Waals surface area contributed by atoms with Crippen molar-refractivity contribution in [3.8, 4) is 0 Å². The molecule has 0 saturated heterocycles. The van der Waals surface area contributed by atoms with Gasteiger partial charge in [0, 0.05) is 21.5 Å². The standard InChI is InChI=1S/C10H13Br2NO/c1-7(6-14)13-5-8-2-3-9(11)4-10(8)12/h2-4,7,13-14H,5-6H2,1H3. The van der Waals surface area contributed by atoms with Gasteiger partial charge in [-0.3, -0.25) is 0 Å². The van der Waals surface area contributed by atoms with Gasteiger partial charge >= 0.3 is 0 Å². The number of rotatable bonds is 4. The normalized spacial score (nSPS) is 12.9. The summed E-state index contributed by atoms with van der Waals surface area (Å²) in [5.41, 5.74) is 1.19. The lowest BCUT2D eigenvalue weighted by Gasteiger charge is -2.11. The summed E-state index contributed by atoms with van der Waals surface area (Å²) in [6.07, 6.45) is 0. The van der Waals surface area contributed by atoms with Gasteiger partial charge in [0.15, 0.2) is 0 Å². The molecule has 0 radical (unpaired) electrons. The predicted octanol–water partition coefficient (Wildman–Crippen LogP) is 2.68. The Morgan fingerprint density at radius 1 is 1.43 bits per heavy atom. The van der Waals surface area contributed by atoms with Gasteiger partial charge in [-0.15, -0.1) is 0 Å². The molecule has 0 saturated carbocycles. The van der Waals surface area contributed by atoms with Crippen molar-refractivity contribution in [1.29, 1.82) is 0 Å². The van der Waals surface area contributed by atoms with Gasteiger partial charge in [-0.2, -0.15) is 0 Å². The molecule has 0 spiro atoms. The maximum atomic E-state index is 8.84. The quantitative estimate of drug-likeness (QED) is 0.893. The van der Waals surface area contributed by atoms with Gasteiger partial charge in [0.1, 0.15) is 0 Å². The highest BCUT2D eigenvalue weighted by molar-refractivity contribution is 9.11. The van der Waals surface area contributed by atoms with Crippen molar-refractivity contribution in [3.63, 3.8) is 0 Å². The van der Waals surface area contributed by atoms with Crippen molar-refractivity contribution in [2.24, 2.45) is 0 Å². The van der Waals surface area contributed by atoms with E-state index in [2.05, 4.69) is 37.2 Å². The fourth-order valence-electron chi connectivity index (χ4n) is 1.01. The van der Waals surface area contributed by atoms with E-state index < -0.39 is 0 Å². The lowest BCUT2D eigenvalue weighted by Crippen LogP contribution is -2.28. The first-order valence-electron chi connectivity index (χ1n) is 4.41. The largest absolute Gasteiger partial charge is 0.395 e. The Morgan fingerprint density at radius 2 is 2.14 bits per heavy atom. The van der Waals surface area contributed by atoms with Crippen molar-refractivity contribution >= 4 is 31.9 Å². The molecule has 0 aliphatic heterocycles. The molecule has 2 N–H and O–H groups in total. The van der Waals surface area contributed by atoms with Crippen molar-refractivity contribution < 1.29 is 5.11 Å². The molecule has 0 amide bonds. The summed E-state index contributed by atoms with van der Waals surface area (Å²) in [4.78, 5) is 0. The SMILES string of the molecule is CC(CO)NCc1ccc(Br)cc1Br. The van der Waals surface area contributed by atoms with Gasteiger partial charge in [-0.25, -0.2) is 0 Å². The van der Waals surface area contributed by atoms with Crippen LogP contribution in [0.25, 0.3) is 0 Å². The second-order valence-electron chi connectivity index (χ2n) is 3.20. The van der Waals surface area contributed by atoms with E-state index in [-0.39, 0.29) is 12.6 Å². The Balaban J connectivity index is 2.59. The number of aliphatic hydroxyl groups is 1. The predicted molar refractivity (Wildman–Crippen MR) is 65.2 cm³/mol. The molecular formula is C10H13Br2NO. The van der Waals surface area contributed by atoms with Gasteiger partial charge < -0.3 is 10.4 Å². The van der Waals surface area contributed by atoms with Crippen molar-refractivity contribution in [3.05, 3.63) is 32.7 Å². The van der Waals surface area contributed by atoms with Gasteiger partial charge in [0.2, 0.25) is 0 Å². The molecule has 1 aromatic carbocycles. The van der Waals surface area contributed by atoms with Crippen LogP contribution in [0.2, 0.25) is 0 Å². The van der Waals surface area contributed by atoms with E-state index in [0.717, 1.165) is 15.5 Å². The van der Waals surface area contributed by atoms with Crippen LogP contribution in [-0.4, -0.2) is 17.8 Å². The third-order valence-electron chi connectivity index (χ3n) is 1.93. The summed E-state index contributed by atoms with van der Waals surface area (Å²) in [7, 11) is 0. The van der Waals surface area contributed by atoms with Gasteiger partial charge in [0.05, 0.1) is 6.61 Å². The molecule has 1 aromatic rings. The van der Waals surface area contributed by atoms with Crippen molar-refractivity contribution in [2.45, 2.75) is 19.5 Å². The summed E-state index contributed by atoms with van der Waals surface area (Å²) in [6.45, 7) is 2.87. The molecule has 0 aliphatic carbocycles. The minimum absolute atomic E-state index is 0.130. The molecule has 0 bridgehead atoms. The Bertz CT molecular complexity index is 304. The van der Waals surface area contributed by atoms with Crippen LogP contribution < -0.4 is 5.32 Å². The highest BCUT2D eigenvalue weighted by Gasteiger charge is 2.02. The molecule has 0 heterocycles. The summed E-state index contributed by atoms with van der Waals surface area (Å²) >= 11 is 6.89. The van der Waals surface area contributed by atoms with Gasteiger partial charge in [-0.1, -0.05) is 37.9 Å². The Kier molecular flexibility index (Phi) is 5.09. The number of benzene rings is 1. The van der Waals surface area contributed by atoms with E-state index in [4.69, 9.17) is 5.11 Å². The van der Waals surface area contributed by atoms with E-state index in [1.807, 2.05) is 25.1 Å². The van der Waals surface area contributed by atoms with Gasteiger partial charge in [0.25, 0.3) is 0 Å². The lowest BCUT2D eigenvalue weighted by atomic mass is 10.2. The van der Waals surface area contributed by atoms with E-state index >= 15 is 0 Å². The van der Waals surface area contributed by atoms with E-state index in [1.165, 1.54) is 5.56 Å². The van der Waals surface area contributed by atoms with Crippen LogP contribution in [-0.2, 0) is 6.54 Å².